The number of hydrogen-bond donors (Lipinski definition) is 4. The van der Waals surface area contributed by atoms with Gasteiger partial charge in [0, 0.05) is 63.3 Å². The normalized spacial score (nSPS) is 13.8. The number of nitrogens with one attached hydrogen (secondary N) is 2. The number of unbranched alkanes of at least 4 members (excludes halogenated alkanes) is 3. The highest BCUT2D eigenvalue weighted by Crippen LogP contribution is 2.48. The van der Waals surface area contributed by atoms with E-state index in [0.717, 1.165) is 25.7 Å². The van der Waals surface area contributed by atoms with E-state index in [9.17, 15) is 36.3 Å². The Balaban J connectivity index is 1.22. The molecule has 0 bridgehead atoms. The first kappa shape index (κ1) is 38.5. The standard InChI is InChI=1S/C34H44N4O10S2/c1-38(20-21-49(43,44)45)31(41)15-5-3-2-4-13-29(40)35-19-9-12-27-23-28(39)33(34(42)48-27)32(24-16-17-24)25-10-8-11-26(22-25)37-50(46,47)30-14-6-7-18-36-30/h6-8,10-11,14,18,22-24,32,37,39H,2-5,9,12-13,15-17,19-21H2,1H3,(H,35,40)(H,43,44,45). The van der Waals surface area contributed by atoms with Crippen LogP contribution >= 0.6 is 0 Å². The fourth-order valence-electron chi connectivity index (χ4n) is 5.62. The van der Waals surface area contributed by atoms with Crippen molar-refractivity contribution in [2.45, 2.75) is 75.2 Å². The zero-order valence-corrected chi connectivity index (χ0v) is 29.5. The number of benzene rings is 1. The number of aromatic hydroxyl groups is 1. The highest BCUT2D eigenvalue weighted by molar-refractivity contribution is 7.92. The zero-order chi connectivity index (χ0) is 36.3. The molecule has 1 aromatic carbocycles. The third-order valence-electron chi connectivity index (χ3n) is 8.41. The van der Waals surface area contributed by atoms with Crippen LogP contribution in [0.2, 0.25) is 0 Å². The minimum atomic E-state index is -4.12. The first-order chi connectivity index (χ1) is 23.7. The summed E-state index contributed by atoms with van der Waals surface area (Å²) in [5, 5.41) is 13.7. The molecule has 14 nitrogen and oxygen atoms in total. The van der Waals surface area contributed by atoms with Crippen molar-refractivity contribution in [1.29, 1.82) is 0 Å². The minimum Gasteiger partial charge on any atom is -0.507 e. The molecule has 3 aromatic rings. The van der Waals surface area contributed by atoms with E-state index in [1.165, 1.54) is 30.3 Å². The molecule has 4 N–H and O–H groups in total. The van der Waals surface area contributed by atoms with Gasteiger partial charge in [-0.15, -0.1) is 0 Å². The summed E-state index contributed by atoms with van der Waals surface area (Å²) < 4.78 is 64.2. The van der Waals surface area contributed by atoms with Crippen molar-refractivity contribution in [2.75, 3.05) is 30.6 Å². The number of anilines is 1. The van der Waals surface area contributed by atoms with Gasteiger partial charge in [-0.1, -0.05) is 31.0 Å². The molecule has 1 unspecified atom stereocenters. The third-order valence-corrected chi connectivity index (χ3v) is 10.4. The molecule has 1 aliphatic carbocycles. The second-order valence-electron chi connectivity index (χ2n) is 12.5. The van der Waals surface area contributed by atoms with Gasteiger partial charge in [0.15, 0.2) is 5.03 Å². The number of hydrogen-bond acceptors (Lipinski definition) is 10. The van der Waals surface area contributed by atoms with Crippen LogP contribution in [0.15, 0.2) is 69.0 Å². The summed E-state index contributed by atoms with van der Waals surface area (Å²) in [6, 6.07) is 12.7. The number of aryl methyl sites for hydroxylation is 1. The topological polar surface area (TPSA) is 213 Å². The molecule has 16 heteroatoms. The van der Waals surface area contributed by atoms with Gasteiger partial charge in [-0.3, -0.25) is 18.9 Å². The molecule has 2 heterocycles. The number of pyridine rings is 1. The van der Waals surface area contributed by atoms with E-state index in [1.54, 1.807) is 36.4 Å². The largest absolute Gasteiger partial charge is 0.507 e. The van der Waals surface area contributed by atoms with Crippen LogP contribution in [0.4, 0.5) is 5.69 Å². The summed E-state index contributed by atoms with van der Waals surface area (Å²) in [5.74, 6) is -1.14. The maximum Gasteiger partial charge on any atom is 0.343 e. The fraction of sp³-hybridized carbons (Fsp3) is 0.471. The lowest BCUT2D eigenvalue weighted by molar-refractivity contribution is -0.129. The van der Waals surface area contributed by atoms with Gasteiger partial charge in [0.2, 0.25) is 11.8 Å². The number of nitrogens with zero attached hydrogens (tertiary/aromatic N) is 2. The maximum atomic E-state index is 13.2. The average Bonchev–Trinajstić information content (AvgIpc) is 3.90. The van der Waals surface area contributed by atoms with E-state index in [-0.39, 0.29) is 52.8 Å². The van der Waals surface area contributed by atoms with Crippen molar-refractivity contribution in [3.8, 4) is 5.75 Å². The number of sulfonamides is 1. The summed E-state index contributed by atoms with van der Waals surface area (Å²) in [6.45, 7) is 0.276. The van der Waals surface area contributed by atoms with Gasteiger partial charge < -0.3 is 19.7 Å². The molecule has 0 radical (unpaired) electrons. The van der Waals surface area contributed by atoms with Crippen LogP contribution in [-0.2, 0) is 36.2 Å². The quantitative estimate of drug-likeness (QED) is 0.0968. The first-order valence-electron chi connectivity index (χ1n) is 16.6. The second kappa shape index (κ2) is 17.6. The van der Waals surface area contributed by atoms with Crippen LogP contribution in [0.5, 0.6) is 5.75 Å². The van der Waals surface area contributed by atoms with Crippen LogP contribution in [0.25, 0.3) is 0 Å². The molecule has 1 saturated carbocycles. The van der Waals surface area contributed by atoms with E-state index >= 15 is 0 Å². The first-order valence-corrected chi connectivity index (χ1v) is 19.7. The molecule has 4 rings (SSSR count). The van der Waals surface area contributed by atoms with Crippen LogP contribution < -0.4 is 15.7 Å². The lowest BCUT2D eigenvalue weighted by atomic mass is 9.87. The Bertz CT molecular complexity index is 1900. The number of carbonyl (C=O) groups is 2. The van der Waals surface area contributed by atoms with Crippen LogP contribution in [0, 0.1) is 5.92 Å². The Kier molecular flexibility index (Phi) is 13.5. The predicted molar refractivity (Wildman–Crippen MR) is 186 cm³/mol. The Hall–Kier alpha value is -4.28. The Morgan fingerprint density at radius 3 is 2.40 bits per heavy atom. The van der Waals surface area contributed by atoms with Gasteiger partial charge in [-0.25, -0.2) is 9.78 Å². The maximum absolute atomic E-state index is 13.2. The summed E-state index contributed by atoms with van der Waals surface area (Å²) in [6.07, 6.45) is 7.18. The van der Waals surface area contributed by atoms with E-state index in [2.05, 4.69) is 15.0 Å². The molecular weight excluding hydrogens is 689 g/mol. The molecule has 0 saturated heterocycles. The van der Waals surface area contributed by atoms with Crippen LogP contribution in [-0.4, -0.2) is 74.1 Å². The van der Waals surface area contributed by atoms with Gasteiger partial charge >= 0.3 is 5.63 Å². The third kappa shape index (κ3) is 11.9. The lowest BCUT2D eigenvalue weighted by Crippen LogP contribution is -2.31. The molecule has 1 atom stereocenters. The highest BCUT2D eigenvalue weighted by Gasteiger charge is 2.37. The smallest absolute Gasteiger partial charge is 0.343 e. The van der Waals surface area contributed by atoms with Crippen molar-refractivity contribution in [3.05, 3.63) is 82.0 Å². The van der Waals surface area contributed by atoms with E-state index in [1.807, 2.05) is 0 Å². The molecule has 1 aliphatic rings. The molecule has 1 fully saturated rings. The van der Waals surface area contributed by atoms with Gasteiger partial charge in [0.1, 0.15) is 11.5 Å². The van der Waals surface area contributed by atoms with Crippen molar-refractivity contribution in [2.24, 2.45) is 5.92 Å². The van der Waals surface area contributed by atoms with Crippen molar-refractivity contribution in [3.63, 3.8) is 0 Å². The number of aromatic nitrogens is 1. The average molecular weight is 733 g/mol. The van der Waals surface area contributed by atoms with Gasteiger partial charge in [-0.05, 0) is 67.9 Å². The Morgan fingerprint density at radius 1 is 1.00 bits per heavy atom. The van der Waals surface area contributed by atoms with Crippen molar-refractivity contribution in [1.82, 2.24) is 15.2 Å². The Morgan fingerprint density at radius 2 is 1.74 bits per heavy atom. The van der Waals surface area contributed by atoms with Crippen LogP contribution in [0.1, 0.15) is 80.6 Å². The van der Waals surface area contributed by atoms with Gasteiger partial charge in [-0.2, -0.15) is 16.8 Å². The van der Waals surface area contributed by atoms with Crippen molar-refractivity contribution >= 4 is 37.6 Å². The monoisotopic (exact) mass is 732 g/mol. The highest BCUT2D eigenvalue weighted by atomic mass is 32.2. The summed E-state index contributed by atoms with van der Waals surface area (Å²) in [7, 11) is -6.57. The second-order valence-corrected chi connectivity index (χ2v) is 15.7. The van der Waals surface area contributed by atoms with Gasteiger partial charge in [0.25, 0.3) is 20.1 Å². The SMILES string of the molecule is CN(CCS(=O)(=O)O)C(=O)CCCCCCC(=O)NCCCc1cc(O)c(C(c2cccc(NS(=O)(=O)c3ccccn3)c2)C2CC2)c(=O)o1. The predicted octanol–water partition coefficient (Wildman–Crippen LogP) is 3.82. The summed E-state index contributed by atoms with van der Waals surface area (Å²) in [5.41, 5.74) is 0.436. The van der Waals surface area contributed by atoms with E-state index in [4.69, 9.17) is 8.97 Å². The van der Waals surface area contributed by atoms with E-state index in [0.29, 0.717) is 49.9 Å². The fourth-order valence-corrected chi connectivity index (χ4v) is 7.13. The number of rotatable bonds is 20. The van der Waals surface area contributed by atoms with Crippen molar-refractivity contribution < 1.29 is 40.5 Å². The molecule has 50 heavy (non-hydrogen) atoms. The molecule has 0 spiro atoms. The summed E-state index contributed by atoms with van der Waals surface area (Å²) in [4.78, 5) is 42.7. The van der Waals surface area contributed by atoms with E-state index < -0.39 is 37.4 Å². The molecular formula is C34H44N4O10S2. The minimum absolute atomic E-state index is 0.0730. The molecule has 2 aromatic heterocycles. The lowest BCUT2D eigenvalue weighted by Gasteiger charge is -2.19. The number of carbonyl (C=O) groups excluding carboxylic acids is 2. The molecule has 2 amide bonds. The summed E-state index contributed by atoms with van der Waals surface area (Å²) >= 11 is 0. The molecule has 0 aliphatic heterocycles. The zero-order valence-electron chi connectivity index (χ0n) is 27.9. The molecule has 272 valence electrons. The number of amides is 2. The van der Waals surface area contributed by atoms with Crippen LogP contribution in [0.3, 0.4) is 0 Å². The van der Waals surface area contributed by atoms with Gasteiger partial charge in [0.05, 0.1) is 11.3 Å². The Labute approximate surface area is 292 Å².